The molecule has 1 aromatic carbocycles. The fourth-order valence-electron chi connectivity index (χ4n) is 3.88. The molecule has 1 saturated heterocycles. The first-order chi connectivity index (χ1) is 13.9. The summed E-state index contributed by atoms with van der Waals surface area (Å²) in [6, 6.07) is 5.32. The van der Waals surface area contributed by atoms with Crippen LogP contribution in [0.25, 0.3) is 22.2 Å². The second-order valence-corrected chi connectivity index (χ2v) is 7.59. The molecule has 29 heavy (non-hydrogen) atoms. The first-order valence-corrected chi connectivity index (χ1v) is 9.60. The van der Waals surface area contributed by atoms with E-state index < -0.39 is 6.04 Å². The lowest BCUT2D eigenvalue weighted by Crippen LogP contribution is -2.56. The van der Waals surface area contributed by atoms with Crippen molar-refractivity contribution in [3.8, 4) is 11.3 Å². The number of hydrogen-bond acceptors (Lipinski definition) is 5. The first kappa shape index (κ1) is 19.0. The number of aromatic nitrogens is 3. The highest BCUT2D eigenvalue weighted by Crippen LogP contribution is 2.29. The van der Waals surface area contributed by atoms with Crippen molar-refractivity contribution in [1.29, 1.82) is 0 Å². The van der Waals surface area contributed by atoms with Gasteiger partial charge in [-0.3, -0.25) is 9.59 Å². The molecular formula is C22H23N5O2. The average molecular weight is 389 g/mol. The third-order valence-electron chi connectivity index (χ3n) is 5.47. The highest BCUT2D eigenvalue weighted by molar-refractivity contribution is 6.09. The molecule has 3 aromatic rings. The number of carbonyl (C=O) groups excluding carboxylic acids is 2. The molecule has 2 amide bonds. The lowest BCUT2D eigenvalue weighted by Gasteiger charge is -2.37. The molecule has 2 aromatic heterocycles. The Balaban J connectivity index is 1.90. The number of aryl methyl sites for hydroxylation is 2. The molecule has 0 spiro atoms. The van der Waals surface area contributed by atoms with Gasteiger partial charge in [-0.2, -0.15) is 0 Å². The summed E-state index contributed by atoms with van der Waals surface area (Å²) in [5.74, 6) is -0.207. The smallest absolute Gasteiger partial charge is 0.255 e. The van der Waals surface area contributed by atoms with Crippen LogP contribution in [0.4, 0.5) is 0 Å². The van der Waals surface area contributed by atoms with E-state index in [0.717, 1.165) is 27.6 Å². The molecule has 1 unspecified atom stereocenters. The van der Waals surface area contributed by atoms with Gasteiger partial charge in [-0.05, 0) is 38.5 Å². The Kier molecular flexibility index (Phi) is 4.74. The van der Waals surface area contributed by atoms with Crippen LogP contribution in [0, 0.1) is 13.8 Å². The van der Waals surface area contributed by atoms with Crippen molar-refractivity contribution in [1.82, 2.24) is 24.8 Å². The Morgan fingerprint density at radius 1 is 1.10 bits per heavy atom. The van der Waals surface area contributed by atoms with Crippen LogP contribution in [0.15, 0.2) is 36.9 Å². The zero-order chi connectivity index (χ0) is 20.7. The van der Waals surface area contributed by atoms with E-state index in [2.05, 4.69) is 16.0 Å². The quantitative estimate of drug-likeness (QED) is 0.673. The van der Waals surface area contributed by atoms with Gasteiger partial charge in [0.05, 0.1) is 16.8 Å². The summed E-state index contributed by atoms with van der Waals surface area (Å²) >= 11 is 0. The Morgan fingerprint density at radius 3 is 2.55 bits per heavy atom. The third-order valence-corrected chi connectivity index (χ3v) is 5.47. The van der Waals surface area contributed by atoms with Crippen LogP contribution in [0.3, 0.4) is 0 Å². The van der Waals surface area contributed by atoms with Gasteiger partial charge >= 0.3 is 0 Å². The third kappa shape index (κ3) is 3.33. The van der Waals surface area contributed by atoms with Crippen LogP contribution >= 0.6 is 0 Å². The maximum atomic E-state index is 13.6. The lowest BCUT2D eigenvalue weighted by molar-refractivity contribution is -0.137. The van der Waals surface area contributed by atoms with Crippen LogP contribution in [-0.4, -0.2) is 62.7 Å². The standard InChI is InChI=1S/C22H23N5O2/c1-13-7-14(2)20-17(8-13)18(9-19(25-20)16-10-23-12-24-11-16)22(29)27-6-5-26(4)21(28)15(27)3/h7-12,15H,5-6H2,1-4H3. The van der Waals surface area contributed by atoms with Gasteiger partial charge in [0.25, 0.3) is 5.91 Å². The monoisotopic (exact) mass is 389 g/mol. The summed E-state index contributed by atoms with van der Waals surface area (Å²) in [4.78, 5) is 42.3. The second kappa shape index (κ2) is 7.24. The van der Waals surface area contributed by atoms with E-state index >= 15 is 0 Å². The van der Waals surface area contributed by atoms with Gasteiger partial charge in [0.2, 0.25) is 5.91 Å². The number of likely N-dealkylation sites (N-methyl/N-ethyl adjacent to an activating group) is 1. The lowest BCUT2D eigenvalue weighted by atomic mass is 9.99. The largest absolute Gasteiger partial charge is 0.342 e. The number of pyridine rings is 1. The fraction of sp³-hybridized carbons (Fsp3) is 0.318. The summed E-state index contributed by atoms with van der Waals surface area (Å²) in [7, 11) is 1.77. The Morgan fingerprint density at radius 2 is 1.83 bits per heavy atom. The first-order valence-electron chi connectivity index (χ1n) is 9.60. The summed E-state index contributed by atoms with van der Waals surface area (Å²) in [5, 5.41) is 0.798. The van der Waals surface area contributed by atoms with E-state index in [4.69, 9.17) is 4.98 Å². The van der Waals surface area contributed by atoms with Crippen LogP contribution in [0.5, 0.6) is 0 Å². The molecule has 0 aliphatic carbocycles. The molecule has 0 bridgehead atoms. The SMILES string of the molecule is Cc1cc(C)c2nc(-c3cncnc3)cc(C(=O)N3CCN(C)C(=O)C3C)c2c1. The van der Waals surface area contributed by atoms with Gasteiger partial charge in [-0.15, -0.1) is 0 Å². The second-order valence-electron chi connectivity index (χ2n) is 7.59. The topological polar surface area (TPSA) is 79.3 Å². The number of carbonyl (C=O) groups is 2. The van der Waals surface area contributed by atoms with Gasteiger partial charge in [-0.25, -0.2) is 15.0 Å². The zero-order valence-corrected chi connectivity index (χ0v) is 17.0. The van der Waals surface area contributed by atoms with Gasteiger partial charge < -0.3 is 9.80 Å². The number of piperazine rings is 1. The van der Waals surface area contributed by atoms with Crippen molar-refractivity contribution in [2.45, 2.75) is 26.8 Å². The number of fused-ring (bicyclic) bond motifs is 1. The highest BCUT2D eigenvalue weighted by Gasteiger charge is 2.34. The van der Waals surface area contributed by atoms with Crippen molar-refractivity contribution in [2.24, 2.45) is 0 Å². The summed E-state index contributed by atoms with van der Waals surface area (Å²) in [6.45, 7) is 6.79. The predicted octanol–water partition coefficient (Wildman–Crippen LogP) is 2.61. The molecule has 0 N–H and O–H groups in total. The predicted molar refractivity (Wildman–Crippen MR) is 110 cm³/mol. The Hall–Kier alpha value is -3.35. The molecule has 7 nitrogen and oxygen atoms in total. The van der Waals surface area contributed by atoms with Crippen molar-refractivity contribution in [3.63, 3.8) is 0 Å². The van der Waals surface area contributed by atoms with Gasteiger partial charge in [0.1, 0.15) is 12.4 Å². The maximum absolute atomic E-state index is 13.6. The Labute approximate surface area is 169 Å². The molecule has 0 radical (unpaired) electrons. The molecule has 1 aliphatic heterocycles. The van der Waals surface area contributed by atoms with Crippen molar-refractivity contribution in [3.05, 3.63) is 53.6 Å². The normalized spacial score (nSPS) is 17.1. The van der Waals surface area contributed by atoms with Gasteiger partial charge in [0.15, 0.2) is 0 Å². The fourth-order valence-corrected chi connectivity index (χ4v) is 3.88. The van der Waals surface area contributed by atoms with E-state index in [1.54, 1.807) is 42.2 Å². The minimum Gasteiger partial charge on any atom is -0.342 e. The molecule has 1 atom stereocenters. The summed E-state index contributed by atoms with van der Waals surface area (Å²) in [6.07, 6.45) is 4.82. The van der Waals surface area contributed by atoms with E-state index in [-0.39, 0.29) is 11.8 Å². The van der Waals surface area contributed by atoms with Gasteiger partial charge in [0, 0.05) is 43.5 Å². The van der Waals surface area contributed by atoms with Crippen LogP contribution in [-0.2, 0) is 4.79 Å². The van der Waals surface area contributed by atoms with Crippen molar-refractivity contribution >= 4 is 22.7 Å². The zero-order valence-electron chi connectivity index (χ0n) is 17.0. The molecule has 3 heterocycles. The average Bonchev–Trinajstić information content (AvgIpc) is 2.72. The minimum absolute atomic E-state index is 0.0491. The maximum Gasteiger partial charge on any atom is 0.255 e. The number of benzene rings is 1. The van der Waals surface area contributed by atoms with Gasteiger partial charge in [-0.1, -0.05) is 11.6 Å². The van der Waals surface area contributed by atoms with Crippen molar-refractivity contribution in [2.75, 3.05) is 20.1 Å². The van der Waals surface area contributed by atoms with E-state index in [1.807, 2.05) is 19.9 Å². The van der Waals surface area contributed by atoms with Crippen LogP contribution < -0.4 is 0 Å². The molecule has 4 rings (SSSR count). The van der Waals surface area contributed by atoms with Crippen molar-refractivity contribution < 1.29 is 9.59 Å². The number of nitrogens with zero attached hydrogens (tertiary/aromatic N) is 5. The number of amides is 2. The summed E-state index contributed by atoms with van der Waals surface area (Å²) in [5.41, 5.74) is 4.75. The van der Waals surface area contributed by atoms with Crippen LogP contribution in [0.1, 0.15) is 28.4 Å². The molecule has 148 valence electrons. The van der Waals surface area contributed by atoms with E-state index in [9.17, 15) is 9.59 Å². The molecule has 0 saturated carbocycles. The van der Waals surface area contributed by atoms with E-state index in [0.29, 0.717) is 24.3 Å². The van der Waals surface area contributed by atoms with E-state index in [1.165, 1.54) is 6.33 Å². The number of hydrogen-bond donors (Lipinski definition) is 0. The van der Waals surface area contributed by atoms with Crippen LogP contribution in [0.2, 0.25) is 0 Å². The molecule has 1 aliphatic rings. The highest BCUT2D eigenvalue weighted by atomic mass is 16.2. The summed E-state index contributed by atoms with van der Waals surface area (Å²) < 4.78 is 0. The number of rotatable bonds is 2. The molecule has 1 fully saturated rings. The molecular weight excluding hydrogens is 366 g/mol. The Bertz CT molecular complexity index is 1110. The molecule has 7 heteroatoms. The minimum atomic E-state index is -0.501.